The lowest BCUT2D eigenvalue weighted by atomic mass is 10.1. The van der Waals surface area contributed by atoms with Crippen molar-refractivity contribution in [3.63, 3.8) is 0 Å². The lowest BCUT2D eigenvalue weighted by Gasteiger charge is -2.16. The third-order valence-corrected chi connectivity index (χ3v) is 6.72. The number of aromatic nitrogens is 3. The second kappa shape index (κ2) is 8.67. The number of hydrogen-bond donors (Lipinski definition) is 0. The number of rotatable bonds is 8. The molecule has 3 aromatic rings. The third kappa shape index (κ3) is 4.42. The molecule has 7 heteroatoms. The molecule has 0 bridgehead atoms. The Morgan fingerprint density at radius 2 is 1.90 bits per heavy atom. The molecule has 0 spiro atoms. The molecule has 1 aliphatic carbocycles. The van der Waals surface area contributed by atoms with E-state index < -0.39 is 0 Å². The Kier molecular flexibility index (Phi) is 5.59. The molecule has 2 heterocycles. The van der Waals surface area contributed by atoms with Gasteiger partial charge in [-0.3, -0.25) is 9.59 Å². The lowest BCUT2D eigenvalue weighted by molar-refractivity contribution is -0.117. The van der Waals surface area contributed by atoms with Crippen LogP contribution in [-0.4, -0.2) is 38.8 Å². The monoisotopic (exact) mass is 432 g/mol. The van der Waals surface area contributed by atoms with E-state index in [0.717, 1.165) is 42.5 Å². The fourth-order valence-electron chi connectivity index (χ4n) is 3.95. The molecular weight excluding hydrogens is 408 g/mol. The Morgan fingerprint density at radius 3 is 2.65 bits per heavy atom. The van der Waals surface area contributed by atoms with Gasteiger partial charge in [-0.2, -0.15) is 0 Å². The van der Waals surface area contributed by atoms with Gasteiger partial charge in [0.25, 0.3) is 0 Å². The highest BCUT2D eigenvalue weighted by atomic mass is 32.2. The molecule has 1 aromatic heterocycles. The van der Waals surface area contributed by atoms with E-state index in [1.54, 1.807) is 4.90 Å². The second-order valence-corrected chi connectivity index (χ2v) is 9.04. The summed E-state index contributed by atoms with van der Waals surface area (Å²) in [5.74, 6) is 1.94. The van der Waals surface area contributed by atoms with Gasteiger partial charge < -0.3 is 9.47 Å². The Bertz CT molecular complexity index is 1110. The first kappa shape index (κ1) is 20.0. The van der Waals surface area contributed by atoms with Crippen LogP contribution >= 0.6 is 11.8 Å². The summed E-state index contributed by atoms with van der Waals surface area (Å²) in [5, 5.41) is 9.62. The molecule has 1 saturated heterocycles. The van der Waals surface area contributed by atoms with Gasteiger partial charge in [0.15, 0.2) is 10.9 Å². The van der Waals surface area contributed by atoms with Crippen LogP contribution in [0.3, 0.4) is 0 Å². The van der Waals surface area contributed by atoms with Crippen LogP contribution < -0.4 is 4.90 Å². The molecule has 1 amide bonds. The zero-order valence-electron chi connectivity index (χ0n) is 17.2. The predicted octanol–water partition coefficient (Wildman–Crippen LogP) is 4.31. The first-order valence-electron chi connectivity index (χ1n) is 10.7. The molecule has 2 aliphatic rings. The number of benzene rings is 2. The molecule has 1 aliphatic heterocycles. The van der Waals surface area contributed by atoms with E-state index in [9.17, 15) is 9.59 Å². The van der Waals surface area contributed by atoms with Crippen molar-refractivity contribution >= 4 is 29.1 Å². The lowest BCUT2D eigenvalue weighted by Crippen LogP contribution is -2.23. The summed E-state index contributed by atoms with van der Waals surface area (Å²) in [6.45, 7) is 1.43. The van der Waals surface area contributed by atoms with Gasteiger partial charge in [-0.15, -0.1) is 10.2 Å². The number of carbonyl (C=O) groups excluding carboxylic acids is 2. The minimum atomic E-state index is 0.0285. The van der Waals surface area contributed by atoms with Crippen LogP contribution in [0.15, 0.2) is 59.8 Å². The van der Waals surface area contributed by atoms with Gasteiger partial charge in [0.2, 0.25) is 5.91 Å². The van der Waals surface area contributed by atoms with Gasteiger partial charge in [-0.25, -0.2) is 0 Å². The van der Waals surface area contributed by atoms with Gasteiger partial charge in [0.1, 0.15) is 5.82 Å². The van der Waals surface area contributed by atoms with Crippen LogP contribution in [0.5, 0.6) is 0 Å². The van der Waals surface area contributed by atoms with Crippen molar-refractivity contribution in [2.45, 2.75) is 43.3 Å². The summed E-state index contributed by atoms with van der Waals surface area (Å²) < 4.78 is 2.16. The minimum absolute atomic E-state index is 0.0285. The number of thioether (sulfide) groups is 1. The maximum Gasteiger partial charge on any atom is 0.227 e. The standard InChI is InChI=1S/C24H24N4O2S/c29-21(19-8-4-9-20(14-19)27-13-5-10-22(27)30)16-31-24-26-25-23(18-11-12-18)28(24)15-17-6-2-1-3-7-17/h1-4,6-9,14,18H,5,10-13,15-16H2. The third-order valence-electron chi connectivity index (χ3n) is 5.76. The Labute approximate surface area is 185 Å². The Morgan fingerprint density at radius 1 is 1.06 bits per heavy atom. The molecule has 0 N–H and O–H groups in total. The highest BCUT2D eigenvalue weighted by Gasteiger charge is 2.30. The highest BCUT2D eigenvalue weighted by molar-refractivity contribution is 7.99. The Balaban J connectivity index is 1.31. The molecule has 5 rings (SSSR count). The molecule has 0 atom stereocenters. The van der Waals surface area contributed by atoms with Gasteiger partial charge in [-0.05, 0) is 37.0 Å². The quantitative estimate of drug-likeness (QED) is 0.392. The van der Waals surface area contributed by atoms with Crippen molar-refractivity contribution in [3.05, 3.63) is 71.5 Å². The van der Waals surface area contributed by atoms with Crippen LogP contribution in [0.2, 0.25) is 0 Å². The van der Waals surface area contributed by atoms with E-state index in [0.29, 0.717) is 24.4 Å². The van der Waals surface area contributed by atoms with E-state index in [-0.39, 0.29) is 17.4 Å². The van der Waals surface area contributed by atoms with Crippen molar-refractivity contribution in [3.8, 4) is 0 Å². The molecule has 1 saturated carbocycles. The van der Waals surface area contributed by atoms with E-state index in [4.69, 9.17) is 0 Å². The van der Waals surface area contributed by atoms with Gasteiger partial charge in [0, 0.05) is 30.1 Å². The molecule has 158 valence electrons. The fraction of sp³-hybridized carbons (Fsp3) is 0.333. The van der Waals surface area contributed by atoms with Crippen molar-refractivity contribution < 1.29 is 9.59 Å². The fourth-order valence-corrected chi connectivity index (χ4v) is 4.79. The van der Waals surface area contributed by atoms with Crippen LogP contribution in [0.1, 0.15) is 53.3 Å². The number of hydrogen-bond acceptors (Lipinski definition) is 5. The first-order chi connectivity index (χ1) is 15.2. The van der Waals surface area contributed by atoms with E-state index in [2.05, 4.69) is 26.9 Å². The summed E-state index contributed by atoms with van der Waals surface area (Å²) in [7, 11) is 0. The van der Waals surface area contributed by atoms with E-state index in [1.165, 1.54) is 17.3 Å². The average Bonchev–Trinajstić information content (AvgIpc) is 3.43. The van der Waals surface area contributed by atoms with Crippen LogP contribution in [-0.2, 0) is 11.3 Å². The maximum absolute atomic E-state index is 12.9. The summed E-state index contributed by atoms with van der Waals surface area (Å²) in [5.41, 5.74) is 2.63. The first-order valence-corrected chi connectivity index (χ1v) is 11.7. The number of amides is 1. The Hall–Kier alpha value is -2.93. The van der Waals surface area contributed by atoms with Crippen molar-refractivity contribution in [1.29, 1.82) is 0 Å². The molecule has 0 radical (unpaired) electrons. The van der Waals surface area contributed by atoms with E-state index in [1.807, 2.05) is 42.5 Å². The minimum Gasteiger partial charge on any atom is -0.312 e. The average molecular weight is 433 g/mol. The summed E-state index contributed by atoms with van der Waals surface area (Å²) in [6.07, 6.45) is 3.75. The van der Waals surface area contributed by atoms with Crippen LogP contribution in [0.25, 0.3) is 0 Å². The maximum atomic E-state index is 12.9. The number of nitrogens with zero attached hydrogens (tertiary/aromatic N) is 4. The number of Topliss-reactive ketones (excluding diaryl/α,β-unsaturated/α-hetero) is 1. The van der Waals surface area contributed by atoms with Crippen molar-refractivity contribution in [1.82, 2.24) is 14.8 Å². The second-order valence-electron chi connectivity index (χ2n) is 8.10. The zero-order chi connectivity index (χ0) is 21.2. The zero-order valence-corrected chi connectivity index (χ0v) is 18.1. The highest BCUT2D eigenvalue weighted by Crippen LogP contribution is 2.40. The summed E-state index contributed by atoms with van der Waals surface area (Å²) in [6, 6.07) is 17.7. The van der Waals surface area contributed by atoms with Crippen LogP contribution in [0, 0.1) is 0 Å². The van der Waals surface area contributed by atoms with E-state index >= 15 is 0 Å². The van der Waals surface area contributed by atoms with Gasteiger partial charge in [0.05, 0.1) is 12.3 Å². The summed E-state index contributed by atoms with van der Waals surface area (Å²) >= 11 is 1.43. The summed E-state index contributed by atoms with van der Waals surface area (Å²) in [4.78, 5) is 26.7. The molecular formula is C24H24N4O2S. The molecule has 2 aromatic carbocycles. The normalized spacial score (nSPS) is 16.1. The van der Waals surface area contributed by atoms with Crippen LogP contribution in [0.4, 0.5) is 5.69 Å². The molecule has 2 fully saturated rings. The topological polar surface area (TPSA) is 68.1 Å². The SMILES string of the molecule is O=C(CSc1nnc(C2CC2)n1Cc1ccccc1)c1cccc(N2CCCC2=O)c1. The molecule has 6 nitrogen and oxygen atoms in total. The molecule has 0 unspecified atom stereocenters. The number of ketones is 1. The largest absolute Gasteiger partial charge is 0.312 e. The number of carbonyl (C=O) groups is 2. The van der Waals surface area contributed by atoms with Crippen molar-refractivity contribution in [2.75, 3.05) is 17.2 Å². The number of anilines is 1. The van der Waals surface area contributed by atoms with Crippen molar-refractivity contribution in [2.24, 2.45) is 0 Å². The van der Waals surface area contributed by atoms with Gasteiger partial charge in [-0.1, -0.05) is 54.2 Å². The predicted molar refractivity (Wildman–Crippen MR) is 121 cm³/mol. The molecule has 31 heavy (non-hydrogen) atoms. The smallest absolute Gasteiger partial charge is 0.227 e. The van der Waals surface area contributed by atoms with Gasteiger partial charge >= 0.3 is 0 Å².